The summed E-state index contributed by atoms with van der Waals surface area (Å²) in [5.41, 5.74) is 3.26. The van der Waals surface area contributed by atoms with Crippen LogP contribution in [0.4, 0.5) is 0 Å². The molecule has 0 fully saturated rings. The zero-order valence-corrected chi connectivity index (χ0v) is 26.0. The Morgan fingerprint density at radius 1 is 0.775 bits per heavy atom. The van der Waals surface area contributed by atoms with Gasteiger partial charge < -0.3 is 23.4 Å². The van der Waals surface area contributed by atoms with Gasteiger partial charge in [-0.15, -0.1) is 0 Å². The number of carbonyl (C=O) groups excluding carboxylic acids is 1. The van der Waals surface area contributed by atoms with E-state index in [-0.39, 0.29) is 11.0 Å². The van der Waals surface area contributed by atoms with Gasteiger partial charge in [0.1, 0.15) is 17.2 Å². The molecule has 0 bridgehead atoms. The lowest BCUT2D eigenvalue weighted by molar-refractivity contribution is -0.154. The van der Waals surface area contributed by atoms with E-state index in [0.717, 1.165) is 40.4 Å². The molecule has 3 aromatic rings. The number of benzene rings is 3. The van der Waals surface area contributed by atoms with Crippen LogP contribution in [0.5, 0.6) is 17.2 Å². The van der Waals surface area contributed by atoms with Crippen molar-refractivity contribution in [1.29, 1.82) is 0 Å². The Balaban J connectivity index is 1.40. The standard InChI is InChI=1S/C33H44O6Si/c1-8-36-32(34)31(35-5)24-25-10-16-28(17-11-25)37-22-9-23-38-29-18-12-26(13-19-29)27-14-20-30(21-15-27)39-40(6,7)33(2,3)4/h10-21,31H,8-9,22-24H2,1-7H3/t31-/m0/s1. The third-order valence-electron chi connectivity index (χ3n) is 7.23. The van der Waals surface area contributed by atoms with Crippen LogP contribution in [0.15, 0.2) is 72.8 Å². The second-order valence-corrected chi connectivity index (χ2v) is 16.0. The van der Waals surface area contributed by atoms with Gasteiger partial charge in [0, 0.05) is 20.0 Å². The van der Waals surface area contributed by atoms with E-state index in [2.05, 4.69) is 70.3 Å². The fraction of sp³-hybridized carbons (Fsp3) is 0.424. The Labute approximate surface area is 240 Å². The lowest BCUT2D eigenvalue weighted by Gasteiger charge is -2.36. The first kappa shape index (κ1) is 31.2. The van der Waals surface area contributed by atoms with Crippen LogP contribution in [0.3, 0.4) is 0 Å². The average molecular weight is 565 g/mol. The molecule has 0 amide bonds. The monoisotopic (exact) mass is 564 g/mol. The molecule has 3 rings (SSSR count). The van der Waals surface area contributed by atoms with Crippen molar-refractivity contribution in [2.24, 2.45) is 0 Å². The zero-order chi connectivity index (χ0) is 29.2. The highest BCUT2D eigenvalue weighted by molar-refractivity contribution is 6.74. The van der Waals surface area contributed by atoms with E-state index in [0.29, 0.717) is 26.2 Å². The maximum absolute atomic E-state index is 11.9. The van der Waals surface area contributed by atoms with Crippen LogP contribution in [0.2, 0.25) is 18.1 Å². The Bertz CT molecular complexity index is 1180. The molecule has 7 heteroatoms. The molecule has 0 aliphatic carbocycles. The topological polar surface area (TPSA) is 63.2 Å². The lowest BCUT2D eigenvalue weighted by atomic mass is 10.1. The minimum Gasteiger partial charge on any atom is -0.544 e. The normalized spacial score (nSPS) is 12.5. The number of methoxy groups -OCH3 is 1. The minimum absolute atomic E-state index is 0.168. The Hall–Kier alpha value is -3.29. The third-order valence-corrected chi connectivity index (χ3v) is 11.6. The van der Waals surface area contributed by atoms with Crippen molar-refractivity contribution < 1.29 is 28.2 Å². The van der Waals surface area contributed by atoms with Crippen LogP contribution in [-0.4, -0.2) is 47.3 Å². The maximum atomic E-state index is 11.9. The van der Waals surface area contributed by atoms with Gasteiger partial charge in [-0.3, -0.25) is 0 Å². The summed E-state index contributed by atoms with van der Waals surface area (Å²) in [5, 5.41) is 0.168. The highest BCUT2D eigenvalue weighted by atomic mass is 28.4. The summed E-state index contributed by atoms with van der Waals surface area (Å²) in [4.78, 5) is 11.9. The molecule has 0 aliphatic rings. The molecule has 1 atom stereocenters. The number of esters is 1. The van der Waals surface area contributed by atoms with Gasteiger partial charge in [0.2, 0.25) is 8.32 Å². The van der Waals surface area contributed by atoms with Crippen molar-refractivity contribution in [1.82, 2.24) is 0 Å². The van der Waals surface area contributed by atoms with E-state index < -0.39 is 14.4 Å². The summed E-state index contributed by atoms with van der Waals surface area (Å²) in [6.07, 6.45) is 0.609. The van der Waals surface area contributed by atoms with Crippen molar-refractivity contribution in [3.8, 4) is 28.4 Å². The third kappa shape index (κ3) is 9.13. The first-order valence-electron chi connectivity index (χ1n) is 14.0. The first-order chi connectivity index (χ1) is 19.0. The van der Waals surface area contributed by atoms with Crippen LogP contribution in [-0.2, 0) is 20.7 Å². The second-order valence-electron chi connectivity index (χ2n) is 11.3. The molecule has 40 heavy (non-hydrogen) atoms. The molecular weight excluding hydrogens is 520 g/mol. The molecule has 6 nitrogen and oxygen atoms in total. The van der Waals surface area contributed by atoms with E-state index in [1.54, 1.807) is 6.92 Å². The summed E-state index contributed by atoms with van der Waals surface area (Å²) in [5.74, 6) is 2.20. The van der Waals surface area contributed by atoms with Crippen molar-refractivity contribution >= 4 is 14.3 Å². The molecular formula is C33H44O6Si. The Morgan fingerprint density at radius 3 is 1.70 bits per heavy atom. The van der Waals surface area contributed by atoms with Crippen LogP contribution >= 0.6 is 0 Å². The minimum atomic E-state index is -1.85. The van der Waals surface area contributed by atoms with Gasteiger partial charge in [-0.05, 0) is 78.1 Å². The molecule has 0 saturated carbocycles. The summed E-state index contributed by atoms with van der Waals surface area (Å²) < 4.78 is 28.4. The first-order valence-corrected chi connectivity index (χ1v) is 16.9. The molecule has 216 valence electrons. The molecule has 0 N–H and O–H groups in total. The van der Waals surface area contributed by atoms with E-state index >= 15 is 0 Å². The molecule has 0 aromatic heterocycles. The van der Waals surface area contributed by atoms with Crippen LogP contribution < -0.4 is 13.9 Å². The zero-order valence-electron chi connectivity index (χ0n) is 25.0. The van der Waals surface area contributed by atoms with Crippen molar-refractivity contribution in [2.45, 2.75) is 64.8 Å². The molecule has 0 heterocycles. The van der Waals surface area contributed by atoms with Crippen LogP contribution in [0.1, 0.15) is 39.7 Å². The Morgan fingerprint density at radius 2 is 1.25 bits per heavy atom. The summed E-state index contributed by atoms with van der Waals surface area (Å²) >= 11 is 0. The van der Waals surface area contributed by atoms with E-state index in [4.69, 9.17) is 23.4 Å². The lowest BCUT2D eigenvalue weighted by Crippen LogP contribution is -2.43. The predicted octanol–water partition coefficient (Wildman–Crippen LogP) is 7.71. The Kier molecular flexibility index (Phi) is 11.2. The molecule has 0 spiro atoms. The van der Waals surface area contributed by atoms with Gasteiger partial charge in [0.25, 0.3) is 0 Å². The number of hydrogen-bond donors (Lipinski definition) is 0. The summed E-state index contributed by atoms with van der Waals surface area (Å²) in [7, 11) is -0.333. The van der Waals surface area contributed by atoms with E-state index in [1.807, 2.05) is 36.4 Å². The number of ether oxygens (including phenoxy) is 4. The number of carbonyl (C=O) groups is 1. The van der Waals surface area contributed by atoms with Gasteiger partial charge >= 0.3 is 5.97 Å². The van der Waals surface area contributed by atoms with Gasteiger partial charge in [0.15, 0.2) is 6.10 Å². The molecule has 0 unspecified atom stereocenters. The van der Waals surface area contributed by atoms with Crippen molar-refractivity contribution in [2.75, 3.05) is 26.9 Å². The fourth-order valence-electron chi connectivity index (χ4n) is 3.78. The van der Waals surface area contributed by atoms with Crippen molar-refractivity contribution in [3.05, 3.63) is 78.4 Å². The average Bonchev–Trinajstić information content (AvgIpc) is 2.92. The van der Waals surface area contributed by atoms with Crippen LogP contribution in [0, 0.1) is 0 Å². The predicted molar refractivity (Wildman–Crippen MR) is 163 cm³/mol. The highest BCUT2D eigenvalue weighted by Crippen LogP contribution is 2.37. The van der Waals surface area contributed by atoms with Gasteiger partial charge in [-0.25, -0.2) is 4.79 Å². The molecule has 3 aromatic carbocycles. The summed E-state index contributed by atoms with van der Waals surface area (Å²) in [6.45, 7) is 14.5. The van der Waals surface area contributed by atoms with E-state index in [1.165, 1.54) is 7.11 Å². The second kappa shape index (κ2) is 14.4. The van der Waals surface area contributed by atoms with E-state index in [9.17, 15) is 4.79 Å². The quantitative estimate of drug-likeness (QED) is 0.114. The maximum Gasteiger partial charge on any atom is 0.335 e. The molecule has 0 radical (unpaired) electrons. The largest absolute Gasteiger partial charge is 0.544 e. The molecule has 0 saturated heterocycles. The number of hydrogen-bond acceptors (Lipinski definition) is 6. The van der Waals surface area contributed by atoms with Crippen molar-refractivity contribution in [3.63, 3.8) is 0 Å². The SMILES string of the molecule is CCOC(=O)[C@H](Cc1ccc(OCCCOc2ccc(-c3ccc(O[Si](C)(C)C(C)(C)C)cc3)cc2)cc1)OC. The van der Waals surface area contributed by atoms with Gasteiger partial charge in [-0.1, -0.05) is 57.2 Å². The van der Waals surface area contributed by atoms with Gasteiger partial charge in [-0.2, -0.15) is 0 Å². The number of rotatable bonds is 14. The summed E-state index contributed by atoms with van der Waals surface area (Å²) in [6, 6.07) is 24.2. The fourth-order valence-corrected chi connectivity index (χ4v) is 4.81. The highest BCUT2D eigenvalue weighted by Gasteiger charge is 2.38. The van der Waals surface area contributed by atoms with Crippen LogP contribution in [0.25, 0.3) is 11.1 Å². The van der Waals surface area contributed by atoms with Gasteiger partial charge in [0.05, 0.1) is 19.8 Å². The smallest absolute Gasteiger partial charge is 0.335 e. The molecule has 0 aliphatic heterocycles.